The zero-order chi connectivity index (χ0) is 16.3. The third kappa shape index (κ3) is 3.72. The quantitative estimate of drug-likeness (QED) is 0.824. The van der Waals surface area contributed by atoms with E-state index in [2.05, 4.69) is 11.8 Å². The molecule has 1 aliphatic rings. The summed E-state index contributed by atoms with van der Waals surface area (Å²) in [6.07, 6.45) is 1.80. The monoisotopic (exact) mass is 297 g/mol. The highest BCUT2D eigenvalue weighted by molar-refractivity contribution is 5.49. The number of hydrogen-bond donors (Lipinski definition) is 2. The van der Waals surface area contributed by atoms with Gasteiger partial charge in [0.1, 0.15) is 0 Å². The molecule has 2 rings (SSSR count). The lowest BCUT2D eigenvalue weighted by molar-refractivity contribution is 0.0960. The van der Waals surface area contributed by atoms with Crippen molar-refractivity contribution in [2.24, 2.45) is 0 Å². The fourth-order valence-electron chi connectivity index (χ4n) is 2.25. The molecule has 0 atom stereocenters. The number of rotatable bonds is 2. The van der Waals surface area contributed by atoms with E-state index < -0.39 is 5.60 Å². The highest BCUT2D eigenvalue weighted by atomic mass is 16.3. The van der Waals surface area contributed by atoms with Crippen LogP contribution in [0, 0.1) is 11.8 Å². The van der Waals surface area contributed by atoms with Crippen LogP contribution >= 0.6 is 0 Å². The topological polar surface area (TPSA) is 43.7 Å². The molecule has 0 amide bonds. The zero-order valence-electron chi connectivity index (χ0n) is 13.6. The molecule has 2 N–H and O–H groups in total. The molecular weight excluding hydrogens is 274 g/mol. The van der Waals surface area contributed by atoms with E-state index in [1.807, 2.05) is 49.1 Å². The van der Waals surface area contributed by atoms with Gasteiger partial charge in [-0.25, -0.2) is 0 Å². The summed E-state index contributed by atoms with van der Waals surface area (Å²) in [6.45, 7) is 8.02. The molecule has 0 aliphatic carbocycles. The molecule has 1 heterocycles. The van der Waals surface area contributed by atoms with Gasteiger partial charge in [-0.15, -0.1) is 0 Å². The first-order valence-electron chi connectivity index (χ1n) is 7.49. The summed E-state index contributed by atoms with van der Waals surface area (Å²) < 4.78 is 0. The summed E-state index contributed by atoms with van der Waals surface area (Å²) in [4.78, 5) is 1.85. The van der Waals surface area contributed by atoms with Crippen LogP contribution in [0.1, 0.15) is 33.3 Å². The van der Waals surface area contributed by atoms with Crippen molar-refractivity contribution < 1.29 is 10.2 Å². The number of allylic oxidation sites excluding steroid dienone is 2. The Labute approximate surface area is 132 Å². The maximum Gasteiger partial charge on any atom is 0.203 e. The second kappa shape index (κ2) is 6.29. The van der Waals surface area contributed by atoms with Crippen LogP contribution in [0.5, 0.6) is 0 Å². The summed E-state index contributed by atoms with van der Waals surface area (Å²) in [7, 11) is 0. The molecule has 0 saturated heterocycles. The van der Waals surface area contributed by atoms with E-state index in [-0.39, 0.29) is 11.9 Å². The lowest BCUT2D eigenvalue weighted by atomic mass is 9.92. The van der Waals surface area contributed by atoms with Gasteiger partial charge in [-0.05, 0) is 51.5 Å². The second-order valence-corrected chi connectivity index (χ2v) is 6.30. The van der Waals surface area contributed by atoms with E-state index >= 15 is 0 Å². The lowest BCUT2D eigenvalue weighted by Gasteiger charge is -2.35. The molecule has 3 heteroatoms. The molecule has 1 aromatic carbocycles. The van der Waals surface area contributed by atoms with Crippen LogP contribution in [0.3, 0.4) is 0 Å². The van der Waals surface area contributed by atoms with Crippen molar-refractivity contribution in [2.45, 2.75) is 39.3 Å². The van der Waals surface area contributed by atoms with Crippen LogP contribution in [-0.4, -0.2) is 33.3 Å². The number of aliphatic hydroxyl groups is 2. The van der Waals surface area contributed by atoms with Crippen LogP contribution in [0.4, 0.5) is 0 Å². The van der Waals surface area contributed by atoms with Crippen molar-refractivity contribution in [1.82, 2.24) is 4.90 Å². The summed E-state index contributed by atoms with van der Waals surface area (Å²) in [5.41, 5.74) is 1.34. The predicted molar refractivity (Wildman–Crippen MR) is 89.2 cm³/mol. The summed E-state index contributed by atoms with van der Waals surface area (Å²) in [6, 6.07) is 9.77. The van der Waals surface area contributed by atoms with Gasteiger partial charge in [0.25, 0.3) is 0 Å². The molecule has 0 radical (unpaired) electrons. The van der Waals surface area contributed by atoms with E-state index in [9.17, 15) is 10.2 Å². The Balaban J connectivity index is 2.43. The predicted octanol–water partition coefficient (Wildman–Crippen LogP) is 3.23. The van der Waals surface area contributed by atoms with Crippen LogP contribution < -0.4 is 0 Å². The average Bonchev–Trinajstić information content (AvgIpc) is 2.45. The molecule has 0 unspecified atom stereocenters. The molecular formula is C19H23NO2. The summed E-state index contributed by atoms with van der Waals surface area (Å²) in [5, 5.41) is 20.7. The maximum atomic E-state index is 10.4. The lowest BCUT2D eigenvalue weighted by Crippen LogP contribution is -2.40. The minimum atomic E-state index is -0.937. The van der Waals surface area contributed by atoms with Gasteiger partial charge in [-0.1, -0.05) is 30.0 Å². The normalized spacial score (nSPS) is 15.5. The highest BCUT2D eigenvalue weighted by Gasteiger charge is 2.29. The van der Waals surface area contributed by atoms with Crippen LogP contribution in [0.15, 0.2) is 53.4 Å². The van der Waals surface area contributed by atoms with E-state index in [1.54, 1.807) is 19.9 Å². The van der Waals surface area contributed by atoms with Gasteiger partial charge in [0.15, 0.2) is 0 Å². The Hall–Kier alpha value is -2.18. The van der Waals surface area contributed by atoms with Gasteiger partial charge in [0, 0.05) is 18.2 Å². The molecule has 0 fully saturated rings. The first-order chi connectivity index (χ1) is 10.3. The molecule has 0 aromatic heterocycles. The van der Waals surface area contributed by atoms with Crippen molar-refractivity contribution in [2.75, 3.05) is 6.54 Å². The second-order valence-electron chi connectivity index (χ2n) is 6.30. The first kappa shape index (κ1) is 16.2. The molecule has 0 bridgehead atoms. The largest absolute Gasteiger partial charge is 0.494 e. The number of benzene rings is 1. The van der Waals surface area contributed by atoms with Crippen molar-refractivity contribution in [3.05, 3.63) is 59.0 Å². The third-order valence-corrected chi connectivity index (χ3v) is 3.70. The van der Waals surface area contributed by atoms with Crippen molar-refractivity contribution in [3.8, 4) is 11.8 Å². The van der Waals surface area contributed by atoms with Gasteiger partial charge < -0.3 is 15.1 Å². The van der Waals surface area contributed by atoms with Crippen LogP contribution in [0.2, 0.25) is 0 Å². The van der Waals surface area contributed by atoms with E-state index in [0.717, 1.165) is 11.1 Å². The SMILES string of the molecule is CC(C)N1CC(C(C)(C)O)=CC(C#Cc2ccccc2)=C1O. The standard InChI is InChI=1S/C19H23NO2/c1-14(2)20-13-17(19(3,4)22)12-16(18(20)21)11-10-15-8-6-5-7-9-15/h5-9,12,14,21-22H,13H2,1-4H3. The fraction of sp³-hybridized carbons (Fsp3) is 0.368. The van der Waals surface area contributed by atoms with Crippen LogP contribution in [-0.2, 0) is 0 Å². The molecule has 22 heavy (non-hydrogen) atoms. The minimum absolute atomic E-state index is 0.125. The average molecular weight is 297 g/mol. The Morgan fingerprint density at radius 1 is 1.14 bits per heavy atom. The Morgan fingerprint density at radius 3 is 2.32 bits per heavy atom. The van der Waals surface area contributed by atoms with Crippen molar-refractivity contribution in [1.29, 1.82) is 0 Å². The van der Waals surface area contributed by atoms with Gasteiger partial charge >= 0.3 is 0 Å². The molecule has 3 nitrogen and oxygen atoms in total. The Kier molecular flexibility index (Phi) is 4.63. The fourth-order valence-corrected chi connectivity index (χ4v) is 2.25. The van der Waals surface area contributed by atoms with Gasteiger partial charge in [0.05, 0.1) is 11.2 Å². The van der Waals surface area contributed by atoms with E-state index in [1.165, 1.54) is 0 Å². The maximum absolute atomic E-state index is 10.4. The molecule has 0 saturated carbocycles. The Bertz CT molecular complexity index is 652. The van der Waals surface area contributed by atoms with Gasteiger partial charge in [0.2, 0.25) is 5.88 Å². The summed E-state index contributed by atoms with van der Waals surface area (Å²) in [5.74, 6) is 6.25. The van der Waals surface area contributed by atoms with Gasteiger partial charge in [-0.3, -0.25) is 0 Å². The van der Waals surface area contributed by atoms with E-state index in [4.69, 9.17) is 0 Å². The number of aliphatic hydroxyl groups excluding tert-OH is 1. The molecule has 1 aromatic rings. The molecule has 1 aliphatic heterocycles. The summed E-state index contributed by atoms with van der Waals surface area (Å²) >= 11 is 0. The molecule has 116 valence electrons. The van der Waals surface area contributed by atoms with Gasteiger partial charge in [-0.2, -0.15) is 0 Å². The smallest absolute Gasteiger partial charge is 0.203 e. The van der Waals surface area contributed by atoms with Crippen molar-refractivity contribution >= 4 is 0 Å². The Morgan fingerprint density at radius 2 is 1.77 bits per heavy atom. The third-order valence-electron chi connectivity index (χ3n) is 3.70. The van der Waals surface area contributed by atoms with Crippen molar-refractivity contribution in [3.63, 3.8) is 0 Å². The van der Waals surface area contributed by atoms with E-state index in [0.29, 0.717) is 12.1 Å². The highest BCUT2D eigenvalue weighted by Crippen LogP contribution is 2.27. The van der Waals surface area contributed by atoms with Crippen LogP contribution in [0.25, 0.3) is 0 Å². The molecule has 0 spiro atoms. The minimum Gasteiger partial charge on any atom is -0.494 e. The number of nitrogens with zero attached hydrogens (tertiary/aromatic N) is 1. The number of hydrogen-bond acceptors (Lipinski definition) is 3. The first-order valence-corrected chi connectivity index (χ1v) is 7.49. The zero-order valence-corrected chi connectivity index (χ0v) is 13.6.